The zero-order valence-corrected chi connectivity index (χ0v) is 14.9. The highest BCUT2D eigenvalue weighted by molar-refractivity contribution is 7.98. The summed E-state index contributed by atoms with van der Waals surface area (Å²) in [6.45, 7) is 3.99. The summed E-state index contributed by atoms with van der Waals surface area (Å²) in [4.78, 5) is 10.4. The van der Waals surface area contributed by atoms with Crippen molar-refractivity contribution in [1.29, 1.82) is 0 Å². The molecule has 1 aliphatic heterocycles. The number of aromatic amines is 1. The number of para-hydroxylation sites is 3. The summed E-state index contributed by atoms with van der Waals surface area (Å²) in [5, 5.41) is 13.8. The highest BCUT2D eigenvalue weighted by atomic mass is 32.2. The van der Waals surface area contributed by atoms with Crippen molar-refractivity contribution in [2.24, 2.45) is 5.16 Å². The van der Waals surface area contributed by atoms with Gasteiger partial charge in [0.2, 0.25) is 0 Å². The van der Waals surface area contributed by atoms with E-state index in [1.165, 1.54) is 11.3 Å². The molecule has 0 saturated heterocycles. The Labute approximate surface area is 150 Å². The van der Waals surface area contributed by atoms with E-state index in [9.17, 15) is 5.21 Å². The number of hydrogen-bond donors (Lipinski definition) is 2. The third kappa shape index (κ3) is 2.98. The molecule has 3 aromatic rings. The molecule has 128 valence electrons. The van der Waals surface area contributed by atoms with Crippen molar-refractivity contribution in [3.05, 3.63) is 53.6 Å². The third-order valence-electron chi connectivity index (χ3n) is 4.60. The number of nitrogens with one attached hydrogen (secondary N) is 1. The summed E-state index contributed by atoms with van der Waals surface area (Å²) in [7, 11) is 0. The molecule has 0 unspecified atom stereocenters. The Kier molecular flexibility index (Phi) is 4.36. The Morgan fingerprint density at radius 1 is 1.24 bits per heavy atom. The molecule has 6 heteroatoms. The molecule has 0 amide bonds. The average molecular weight is 352 g/mol. The van der Waals surface area contributed by atoms with Gasteiger partial charge in [0.25, 0.3) is 0 Å². The largest absolute Gasteiger partial charge is 0.411 e. The maximum atomic E-state index is 9.33. The molecule has 0 spiro atoms. The first-order valence-electron chi connectivity index (χ1n) is 8.46. The highest BCUT2D eigenvalue weighted by Crippen LogP contribution is 2.34. The van der Waals surface area contributed by atoms with E-state index in [-0.39, 0.29) is 0 Å². The number of benzene rings is 2. The van der Waals surface area contributed by atoms with Crippen molar-refractivity contribution in [1.82, 2.24) is 9.97 Å². The summed E-state index contributed by atoms with van der Waals surface area (Å²) in [6, 6.07) is 14.3. The molecule has 2 N–H and O–H groups in total. The van der Waals surface area contributed by atoms with Gasteiger partial charge >= 0.3 is 0 Å². The lowest BCUT2D eigenvalue weighted by Crippen LogP contribution is -2.33. The fraction of sp³-hybridized carbons (Fsp3) is 0.263. The molecule has 0 fully saturated rings. The number of rotatable bonds is 4. The number of hydrogen-bond acceptors (Lipinski definition) is 5. The number of fused-ring (bicyclic) bond motifs is 2. The Morgan fingerprint density at radius 2 is 2.12 bits per heavy atom. The number of oxime groups is 1. The van der Waals surface area contributed by atoms with Gasteiger partial charge < -0.3 is 15.1 Å². The van der Waals surface area contributed by atoms with Crippen LogP contribution in [0.4, 0.5) is 5.69 Å². The second-order valence-corrected chi connectivity index (χ2v) is 7.00. The molecule has 0 radical (unpaired) electrons. The average Bonchev–Trinajstić information content (AvgIpc) is 3.08. The van der Waals surface area contributed by atoms with E-state index in [1.54, 1.807) is 11.8 Å². The lowest BCUT2D eigenvalue weighted by atomic mass is 9.96. The molecule has 1 aromatic heterocycles. The second kappa shape index (κ2) is 6.80. The second-order valence-electron chi connectivity index (χ2n) is 6.04. The van der Waals surface area contributed by atoms with E-state index in [0.717, 1.165) is 52.7 Å². The smallest absolute Gasteiger partial charge is 0.166 e. The first-order chi connectivity index (χ1) is 12.3. The van der Waals surface area contributed by atoms with Crippen LogP contribution in [0.3, 0.4) is 0 Å². The van der Waals surface area contributed by atoms with Gasteiger partial charge in [-0.3, -0.25) is 0 Å². The number of thioether (sulfide) groups is 1. The van der Waals surface area contributed by atoms with Gasteiger partial charge in [0.15, 0.2) is 5.16 Å². The number of imidazole rings is 1. The molecule has 0 aliphatic carbocycles. The van der Waals surface area contributed by atoms with Crippen molar-refractivity contribution in [2.75, 3.05) is 18.0 Å². The monoisotopic (exact) mass is 352 g/mol. The Hall–Kier alpha value is -2.47. The SMILES string of the molecule is CCN1CCC(=NO)c2cccc(CSc3nc4ccccc4[nH]3)c21. The van der Waals surface area contributed by atoms with Crippen LogP contribution in [0.5, 0.6) is 0 Å². The molecular weight excluding hydrogens is 332 g/mol. The van der Waals surface area contributed by atoms with Gasteiger partial charge in [-0.15, -0.1) is 0 Å². The van der Waals surface area contributed by atoms with Crippen LogP contribution in [-0.2, 0) is 5.75 Å². The molecule has 2 heterocycles. The van der Waals surface area contributed by atoms with Crippen molar-refractivity contribution in [3.8, 4) is 0 Å². The van der Waals surface area contributed by atoms with Gasteiger partial charge in [-0.05, 0) is 24.6 Å². The van der Waals surface area contributed by atoms with Crippen LogP contribution in [0.15, 0.2) is 52.8 Å². The predicted molar refractivity (Wildman–Crippen MR) is 103 cm³/mol. The first kappa shape index (κ1) is 16.0. The van der Waals surface area contributed by atoms with E-state index in [1.807, 2.05) is 36.4 Å². The number of nitrogens with zero attached hydrogens (tertiary/aromatic N) is 3. The summed E-state index contributed by atoms with van der Waals surface area (Å²) >= 11 is 1.70. The molecule has 5 nitrogen and oxygen atoms in total. The molecule has 4 rings (SSSR count). The maximum Gasteiger partial charge on any atom is 0.166 e. The van der Waals surface area contributed by atoms with Gasteiger partial charge in [0.1, 0.15) is 0 Å². The normalized spacial score (nSPS) is 15.7. The topological polar surface area (TPSA) is 64.5 Å². The molecule has 25 heavy (non-hydrogen) atoms. The van der Waals surface area contributed by atoms with Crippen LogP contribution in [0.2, 0.25) is 0 Å². The van der Waals surface area contributed by atoms with E-state index < -0.39 is 0 Å². The molecule has 1 aliphatic rings. The summed E-state index contributed by atoms with van der Waals surface area (Å²) in [6.07, 6.45) is 0.775. The van der Waals surface area contributed by atoms with Crippen molar-refractivity contribution >= 4 is 34.2 Å². The summed E-state index contributed by atoms with van der Waals surface area (Å²) in [5.74, 6) is 0.818. The summed E-state index contributed by atoms with van der Waals surface area (Å²) in [5.41, 5.74) is 6.29. The molecule has 0 atom stereocenters. The van der Waals surface area contributed by atoms with Crippen molar-refractivity contribution in [3.63, 3.8) is 0 Å². The van der Waals surface area contributed by atoms with Crippen molar-refractivity contribution in [2.45, 2.75) is 24.3 Å². The van der Waals surface area contributed by atoms with E-state index in [4.69, 9.17) is 0 Å². The van der Waals surface area contributed by atoms with E-state index >= 15 is 0 Å². The van der Waals surface area contributed by atoms with E-state index in [0.29, 0.717) is 0 Å². The van der Waals surface area contributed by atoms with Crippen LogP contribution >= 0.6 is 11.8 Å². The minimum absolute atomic E-state index is 0.773. The standard InChI is InChI=1S/C19H20N4OS/c1-2-23-11-10-15(22-24)14-7-5-6-13(18(14)23)12-25-19-20-16-8-3-4-9-17(16)21-19/h3-9,24H,2,10-12H2,1H3,(H,20,21). The molecule has 0 saturated carbocycles. The first-order valence-corrected chi connectivity index (χ1v) is 9.44. The quantitative estimate of drug-likeness (QED) is 0.418. The maximum absolute atomic E-state index is 9.33. The molecular formula is C19H20N4OS. The zero-order valence-electron chi connectivity index (χ0n) is 14.1. The summed E-state index contributed by atoms with van der Waals surface area (Å²) < 4.78 is 0. The van der Waals surface area contributed by atoms with E-state index in [2.05, 4.69) is 33.0 Å². The van der Waals surface area contributed by atoms with Gasteiger partial charge in [0.05, 0.1) is 22.4 Å². The van der Waals surface area contributed by atoms with Crippen molar-refractivity contribution < 1.29 is 5.21 Å². The third-order valence-corrected chi connectivity index (χ3v) is 5.52. The number of aromatic nitrogens is 2. The minimum atomic E-state index is 0.773. The molecule has 2 aromatic carbocycles. The van der Waals surface area contributed by atoms with Gasteiger partial charge in [0, 0.05) is 30.8 Å². The fourth-order valence-corrected chi connectivity index (χ4v) is 4.24. The van der Waals surface area contributed by atoms with Crippen LogP contribution in [-0.4, -0.2) is 34.0 Å². The predicted octanol–water partition coefficient (Wildman–Crippen LogP) is 4.26. The zero-order chi connectivity index (χ0) is 17.2. The van der Waals surface area contributed by atoms with Gasteiger partial charge in [-0.1, -0.05) is 47.2 Å². The van der Waals surface area contributed by atoms with Crippen LogP contribution in [0, 0.1) is 0 Å². The van der Waals surface area contributed by atoms with Gasteiger partial charge in [-0.25, -0.2) is 4.98 Å². The lowest BCUT2D eigenvalue weighted by molar-refractivity contribution is 0.318. The van der Waals surface area contributed by atoms with Crippen LogP contribution in [0.1, 0.15) is 24.5 Å². The Bertz CT molecular complexity index is 901. The Morgan fingerprint density at radius 3 is 2.92 bits per heavy atom. The lowest BCUT2D eigenvalue weighted by Gasteiger charge is -2.32. The number of anilines is 1. The fourth-order valence-electron chi connectivity index (χ4n) is 3.37. The number of H-pyrrole nitrogens is 1. The van der Waals surface area contributed by atoms with Crippen LogP contribution < -0.4 is 4.90 Å². The Balaban J connectivity index is 1.64. The minimum Gasteiger partial charge on any atom is -0.411 e. The van der Waals surface area contributed by atoms with Crippen LogP contribution in [0.25, 0.3) is 11.0 Å². The van der Waals surface area contributed by atoms with Gasteiger partial charge in [-0.2, -0.15) is 0 Å². The highest BCUT2D eigenvalue weighted by Gasteiger charge is 2.23. The molecule has 0 bridgehead atoms.